The van der Waals surface area contributed by atoms with Crippen molar-refractivity contribution in [3.63, 3.8) is 0 Å². The second-order valence-electron chi connectivity index (χ2n) is 5.29. The fraction of sp³-hybridized carbons (Fsp3) is 0.571. The summed E-state index contributed by atoms with van der Waals surface area (Å²) >= 11 is 0. The number of nitrogens with zero attached hydrogens (tertiary/aromatic N) is 1. The van der Waals surface area contributed by atoms with Gasteiger partial charge in [0.2, 0.25) is 0 Å². The number of piperidine rings is 1. The maximum Gasteiger partial charge on any atom is 0.265 e. The predicted octanol–water partition coefficient (Wildman–Crippen LogP) is 3.83. The van der Waals surface area contributed by atoms with Gasteiger partial charge in [0.1, 0.15) is 0 Å². The SMILES string of the molecule is CC1CCN(c2ccc(N)cc2C(F)F)C(C)C1. The minimum Gasteiger partial charge on any atom is -0.399 e. The van der Waals surface area contributed by atoms with Gasteiger partial charge < -0.3 is 10.6 Å². The number of hydrogen-bond acceptors (Lipinski definition) is 2. The van der Waals surface area contributed by atoms with E-state index in [4.69, 9.17) is 5.73 Å². The van der Waals surface area contributed by atoms with E-state index in [1.54, 1.807) is 12.1 Å². The van der Waals surface area contributed by atoms with Crippen molar-refractivity contribution in [2.45, 2.75) is 39.2 Å². The number of benzene rings is 1. The molecule has 1 aromatic rings. The van der Waals surface area contributed by atoms with E-state index in [0.29, 0.717) is 23.3 Å². The summed E-state index contributed by atoms with van der Waals surface area (Å²) in [6.45, 7) is 5.15. The fourth-order valence-electron chi connectivity index (χ4n) is 2.77. The second kappa shape index (κ2) is 5.12. The molecule has 0 amide bonds. The van der Waals surface area contributed by atoms with Crippen molar-refractivity contribution in [3.8, 4) is 0 Å². The average Bonchev–Trinajstić information content (AvgIpc) is 2.29. The number of rotatable bonds is 2. The summed E-state index contributed by atoms with van der Waals surface area (Å²) in [6, 6.07) is 5.12. The Balaban J connectivity index is 2.32. The van der Waals surface area contributed by atoms with Gasteiger partial charge in [-0.1, -0.05) is 6.92 Å². The molecule has 2 unspecified atom stereocenters. The monoisotopic (exact) mass is 254 g/mol. The van der Waals surface area contributed by atoms with Crippen LogP contribution in [0, 0.1) is 5.92 Å². The van der Waals surface area contributed by atoms with E-state index in [0.717, 1.165) is 19.4 Å². The first-order chi connectivity index (χ1) is 8.49. The van der Waals surface area contributed by atoms with Crippen LogP contribution in [0.3, 0.4) is 0 Å². The Morgan fingerprint density at radius 1 is 1.33 bits per heavy atom. The van der Waals surface area contributed by atoms with Gasteiger partial charge in [-0.15, -0.1) is 0 Å². The Morgan fingerprint density at radius 3 is 2.67 bits per heavy atom. The summed E-state index contributed by atoms with van der Waals surface area (Å²) in [4.78, 5) is 2.08. The van der Waals surface area contributed by atoms with Crippen LogP contribution >= 0.6 is 0 Å². The van der Waals surface area contributed by atoms with E-state index in [2.05, 4.69) is 18.7 Å². The molecule has 1 saturated heterocycles. The zero-order valence-corrected chi connectivity index (χ0v) is 10.9. The van der Waals surface area contributed by atoms with Gasteiger partial charge in [-0.2, -0.15) is 0 Å². The third kappa shape index (κ3) is 2.57. The van der Waals surface area contributed by atoms with Gasteiger partial charge in [0, 0.05) is 29.5 Å². The minimum atomic E-state index is -2.48. The molecular formula is C14H20F2N2. The van der Waals surface area contributed by atoms with Crippen molar-refractivity contribution < 1.29 is 8.78 Å². The summed E-state index contributed by atoms with van der Waals surface area (Å²) < 4.78 is 26.2. The summed E-state index contributed by atoms with van der Waals surface area (Å²) in [6.07, 6.45) is -0.375. The van der Waals surface area contributed by atoms with Crippen LogP contribution in [0.5, 0.6) is 0 Å². The molecule has 0 saturated carbocycles. The summed E-state index contributed by atoms with van der Waals surface area (Å²) in [7, 11) is 0. The molecule has 100 valence electrons. The lowest BCUT2D eigenvalue weighted by molar-refractivity contribution is 0.151. The third-order valence-corrected chi connectivity index (χ3v) is 3.73. The molecule has 1 aromatic carbocycles. The molecule has 2 nitrogen and oxygen atoms in total. The van der Waals surface area contributed by atoms with E-state index < -0.39 is 6.43 Å². The number of nitrogens with two attached hydrogens (primary N) is 1. The molecule has 2 rings (SSSR count). The molecule has 0 bridgehead atoms. The molecular weight excluding hydrogens is 234 g/mol. The minimum absolute atomic E-state index is 0.0522. The largest absolute Gasteiger partial charge is 0.399 e. The van der Waals surface area contributed by atoms with E-state index >= 15 is 0 Å². The van der Waals surface area contributed by atoms with Gasteiger partial charge in [0.25, 0.3) is 6.43 Å². The molecule has 0 spiro atoms. The quantitative estimate of drug-likeness (QED) is 0.813. The van der Waals surface area contributed by atoms with Crippen LogP contribution in [-0.4, -0.2) is 12.6 Å². The Labute approximate surface area is 107 Å². The molecule has 2 N–H and O–H groups in total. The number of hydrogen-bond donors (Lipinski definition) is 1. The highest BCUT2D eigenvalue weighted by Crippen LogP contribution is 2.35. The summed E-state index contributed by atoms with van der Waals surface area (Å²) in [5.41, 5.74) is 6.68. The van der Waals surface area contributed by atoms with Crippen LogP contribution in [0.25, 0.3) is 0 Å². The van der Waals surface area contributed by atoms with Crippen LogP contribution in [0.2, 0.25) is 0 Å². The van der Waals surface area contributed by atoms with Gasteiger partial charge in [-0.3, -0.25) is 0 Å². The van der Waals surface area contributed by atoms with Crippen LogP contribution in [0.4, 0.5) is 20.2 Å². The van der Waals surface area contributed by atoms with E-state index in [1.807, 2.05) is 0 Å². The molecule has 1 aliphatic heterocycles. The first-order valence-corrected chi connectivity index (χ1v) is 6.43. The standard InChI is InChI=1S/C14H20F2N2/c1-9-5-6-18(10(2)7-9)13-4-3-11(17)8-12(13)14(15)16/h3-4,8-10,14H,5-7,17H2,1-2H3. The van der Waals surface area contributed by atoms with Gasteiger partial charge in [0.15, 0.2) is 0 Å². The molecule has 4 heteroatoms. The predicted molar refractivity (Wildman–Crippen MR) is 71.0 cm³/mol. The normalized spacial score (nSPS) is 24.6. The van der Waals surface area contributed by atoms with Crippen molar-refractivity contribution >= 4 is 11.4 Å². The zero-order chi connectivity index (χ0) is 13.3. The lowest BCUT2D eigenvalue weighted by Crippen LogP contribution is -2.40. The lowest BCUT2D eigenvalue weighted by Gasteiger charge is -2.39. The topological polar surface area (TPSA) is 29.3 Å². The third-order valence-electron chi connectivity index (χ3n) is 3.73. The molecule has 1 fully saturated rings. The number of halogens is 2. The lowest BCUT2D eigenvalue weighted by atomic mass is 9.92. The highest BCUT2D eigenvalue weighted by Gasteiger charge is 2.26. The van der Waals surface area contributed by atoms with Gasteiger partial charge in [-0.25, -0.2) is 8.78 Å². The first-order valence-electron chi connectivity index (χ1n) is 6.43. The van der Waals surface area contributed by atoms with Crippen molar-refractivity contribution in [1.82, 2.24) is 0 Å². The summed E-state index contributed by atoms with van der Waals surface area (Å²) in [5, 5.41) is 0. The Bertz CT molecular complexity index is 420. The van der Waals surface area contributed by atoms with Crippen LogP contribution in [0.1, 0.15) is 38.7 Å². The highest BCUT2D eigenvalue weighted by molar-refractivity contribution is 5.61. The molecule has 0 radical (unpaired) electrons. The maximum absolute atomic E-state index is 13.1. The fourth-order valence-corrected chi connectivity index (χ4v) is 2.77. The van der Waals surface area contributed by atoms with Crippen LogP contribution in [-0.2, 0) is 0 Å². The van der Waals surface area contributed by atoms with Crippen LogP contribution in [0.15, 0.2) is 18.2 Å². The van der Waals surface area contributed by atoms with E-state index in [9.17, 15) is 8.78 Å². The number of nitrogen functional groups attached to an aromatic ring is 1. The smallest absolute Gasteiger partial charge is 0.265 e. The molecule has 1 aliphatic rings. The highest BCUT2D eigenvalue weighted by atomic mass is 19.3. The van der Waals surface area contributed by atoms with Crippen molar-refractivity contribution in [3.05, 3.63) is 23.8 Å². The van der Waals surface area contributed by atoms with Gasteiger partial charge in [-0.05, 0) is 43.9 Å². The zero-order valence-electron chi connectivity index (χ0n) is 10.9. The van der Waals surface area contributed by atoms with Gasteiger partial charge >= 0.3 is 0 Å². The molecule has 18 heavy (non-hydrogen) atoms. The van der Waals surface area contributed by atoms with Crippen molar-refractivity contribution in [2.24, 2.45) is 5.92 Å². The number of alkyl halides is 2. The van der Waals surface area contributed by atoms with E-state index in [-0.39, 0.29) is 5.56 Å². The Hall–Kier alpha value is -1.32. The molecule has 0 aromatic heterocycles. The van der Waals surface area contributed by atoms with Gasteiger partial charge in [0.05, 0.1) is 0 Å². The van der Waals surface area contributed by atoms with E-state index in [1.165, 1.54) is 6.07 Å². The molecule has 2 atom stereocenters. The molecule has 1 heterocycles. The Morgan fingerprint density at radius 2 is 2.06 bits per heavy atom. The van der Waals surface area contributed by atoms with Crippen LogP contribution < -0.4 is 10.6 Å². The number of anilines is 2. The maximum atomic E-state index is 13.1. The first kappa shape index (κ1) is 13.1. The molecule has 0 aliphatic carbocycles. The average molecular weight is 254 g/mol. The van der Waals surface area contributed by atoms with Crippen molar-refractivity contribution in [2.75, 3.05) is 17.2 Å². The van der Waals surface area contributed by atoms with Crippen molar-refractivity contribution in [1.29, 1.82) is 0 Å². The summed E-state index contributed by atoms with van der Waals surface area (Å²) in [5.74, 6) is 0.667. The Kier molecular flexibility index (Phi) is 3.73. The second-order valence-corrected chi connectivity index (χ2v) is 5.29.